The molecule has 3 heteroatoms. The molecule has 3 rings (SSSR count). The predicted octanol–water partition coefficient (Wildman–Crippen LogP) is 3.20. The summed E-state index contributed by atoms with van der Waals surface area (Å²) in [5.74, 6) is 0.744. The molecule has 0 radical (unpaired) electrons. The van der Waals surface area contributed by atoms with Crippen molar-refractivity contribution in [3.05, 3.63) is 65.0 Å². The SMILES string of the molecule is COc1ccccc1-c1cc2ccccc2c(=O)[nH]1. The first-order chi connectivity index (χ1) is 9.29. The summed E-state index contributed by atoms with van der Waals surface area (Å²) in [4.78, 5) is 15.0. The largest absolute Gasteiger partial charge is 0.496 e. The second-order valence-corrected chi connectivity index (χ2v) is 4.30. The van der Waals surface area contributed by atoms with Crippen molar-refractivity contribution in [1.82, 2.24) is 4.98 Å². The quantitative estimate of drug-likeness (QED) is 0.760. The van der Waals surface area contributed by atoms with Gasteiger partial charge in [0.1, 0.15) is 5.75 Å². The Morgan fingerprint density at radius 3 is 2.58 bits per heavy atom. The van der Waals surface area contributed by atoms with Gasteiger partial charge in [-0.15, -0.1) is 0 Å². The molecular weight excluding hydrogens is 238 g/mol. The Labute approximate surface area is 110 Å². The van der Waals surface area contributed by atoms with Gasteiger partial charge in [0.25, 0.3) is 5.56 Å². The van der Waals surface area contributed by atoms with Crippen LogP contribution in [0.1, 0.15) is 0 Å². The van der Waals surface area contributed by atoms with Crippen LogP contribution in [0, 0.1) is 0 Å². The third kappa shape index (κ3) is 1.99. The van der Waals surface area contributed by atoms with E-state index in [1.165, 1.54) is 0 Å². The van der Waals surface area contributed by atoms with Crippen molar-refractivity contribution in [3.63, 3.8) is 0 Å². The molecule has 0 spiro atoms. The maximum atomic E-state index is 12.1. The molecule has 0 atom stereocenters. The van der Waals surface area contributed by atoms with Crippen LogP contribution < -0.4 is 10.3 Å². The van der Waals surface area contributed by atoms with E-state index < -0.39 is 0 Å². The Morgan fingerprint density at radius 1 is 1.00 bits per heavy atom. The average molecular weight is 251 g/mol. The van der Waals surface area contributed by atoms with Crippen LogP contribution in [0.4, 0.5) is 0 Å². The number of para-hydroxylation sites is 1. The molecule has 3 aromatic rings. The maximum absolute atomic E-state index is 12.1. The number of hydrogen-bond donors (Lipinski definition) is 1. The van der Waals surface area contributed by atoms with Crippen molar-refractivity contribution in [2.24, 2.45) is 0 Å². The lowest BCUT2D eigenvalue weighted by Crippen LogP contribution is -2.07. The molecule has 0 saturated carbocycles. The summed E-state index contributed by atoms with van der Waals surface area (Å²) in [7, 11) is 1.62. The Bertz CT molecular complexity index is 790. The van der Waals surface area contributed by atoms with Gasteiger partial charge in [0.15, 0.2) is 0 Å². The summed E-state index contributed by atoms with van der Waals surface area (Å²) in [5.41, 5.74) is 1.56. The molecule has 94 valence electrons. The van der Waals surface area contributed by atoms with Crippen molar-refractivity contribution in [2.45, 2.75) is 0 Å². The number of hydrogen-bond acceptors (Lipinski definition) is 2. The fourth-order valence-electron chi connectivity index (χ4n) is 2.22. The molecule has 0 aliphatic rings. The molecule has 19 heavy (non-hydrogen) atoms. The van der Waals surface area contributed by atoms with Crippen molar-refractivity contribution in [2.75, 3.05) is 7.11 Å². The van der Waals surface area contributed by atoms with Gasteiger partial charge < -0.3 is 9.72 Å². The van der Waals surface area contributed by atoms with E-state index in [1.807, 2.05) is 54.6 Å². The number of fused-ring (bicyclic) bond motifs is 1. The smallest absolute Gasteiger partial charge is 0.256 e. The third-order valence-corrected chi connectivity index (χ3v) is 3.15. The lowest BCUT2D eigenvalue weighted by molar-refractivity contribution is 0.416. The van der Waals surface area contributed by atoms with Gasteiger partial charge in [0.05, 0.1) is 12.8 Å². The summed E-state index contributed by atoms with van der Waals surface area (Å²) in [5, 5.41) is 1.62. The molecule has 0 unspecified atom stereocenters. The Kier molecular flexibility index (Phi) is 2.80. The normalized spacial score (nSPS) is 10.6. The van der Waals surface area contributed by atoms with Crippen LogP contribution in [0.25, 0.3) is 22.0 Å². The third-order valence-electron chi connectivity index (χ3n) is 3.15. The number of H-pyrrole nitrogens is 1. The molecule has 1 aromatic heterocycles. The lowest BCUT2D eigenvalue weighted by atomic mass is 10.1. The number of rotatable bonds is 2. The van der Waals surface area contributed by atoms with E-state index >= 15 is 0 Å². The first-order valence-corrected chi connectivity index (χ1v) is 6.05. The Hall–Kier alpha value is -2.55. The topological polar surface area (TPSA) is 42.1 Å². The van der Waals surface area contributed by atoms with Gasteiger partial charge in [0.2, 0.25) is 0 Å². The zero-order valence-electron chi connectivity index (χ0n) is 10.5. The number of aromatic amines is 1. The van der Waals surface area contributed by atoms with Crippen LogP contribution >= 0.6 is 0 Å². The van der Waals surface area contributed by atoms with E-state index in [0.29, 0.717) is 5.39 Å². The van der Waals surface area contributed by atoms with Gasteiger partial charge in [0, 0.05) is 10.9 Å². The molecule has 0 saturated heterocycles. The summed E-state index contributed by atoms with van der Waals surface area (Å²) in [6.45, 7) is 0. The average Bonchev–Trinajstić information content (AvgIpc) is 2.47. The van der Waals surface area contributed by atoms with Crippen LogP contribution in [-0.2, 0) is 0 Å². The molecule has 0 aliphatic carbocycles. The van der Waals surface area contributed by atoms with Gasteiger partial charge in [-0.3, -0.25) is 4.79 Å². The summed E-state index contributed by atoms with van der Waals surface area (Å²) >= 11 is 0. The first kappa shape index (κ1) is 11.5. The van der Waals surface area contributed by atoms with Gasteiger partial charge in [-0.05, 0) is 29.7 Å². The first-order valence-electron chi connectivity index (χ1n) is 6.05. The highest BCUT2D eigenvalue weighted by molar-refractivity contribution is 5.85. The number of benzene rings is 2. The standard InChI is InChI=1S/C16H13NO2/c1-19-15-9-5-4-8-13(15)14-10-11-6-2-3-7-12(11)16(18)17-14/h2-10H,1H3,(H,17,18). The maximum Gasteiger partial charge on any atom is 0.256 e. The number of methoxy groups -OCH3 is 1. The lowest BCUT2D eigenvalue weighted by Gasteiger charge is -2.08. The molecule has 0 bridgehead atoms. The van der Waals surface area contributed by atoms with Gasteiger partial charge in [-0.25, -0.2) is 0 Å². The van der Waals surface area contributed by atoms with E-state index in [-0.39, 0.29) is 5.56 Å². The van der Waals surface area contributed by atoms with E-state index in [1.54, 1.807) is 7.11 Å². The summed E-state index contributed by atoms with van der Waals surface area (Å²) in [6, 6.07) is 17.1. The van der Waals surface area contributed by atoms with Gasteiger partial charge in [-0.2, -0.15) is 0 Å². The molecule has 1 heterocycles. The Balaban J connectivity index is 2.29. The van der Waals surface area contributed by atoms with Crippen LogP contribution in [-0.4, -0.2) is 12.1 Å². The van der Waals surface area contributed by atoms with Crippen molar-refractivity contribution < 1.29 is 4.74 Å². The number of aromatic nitrogens is 1. The zero-order valence-corrected chi connectivity index (χ0v) is 10.5. The van der Waals surface area contributed by atoms with Crippen LogP contribution in [0.15, 0.2) is 59.4 Å². The molecule has 1 N–H and O–H groups in total. The van der Waals surface area contributed by atoms with Crippen molar-refractivity contribution in [1.29, 1.82) is 0 Å². The molecule has 0 aliphatic heterocycles. The minimum absolute atomic E-state index is 0.0843. The Morgan fingerprint density at radius 2 is 1.74 bits per heavy atom. The number of ether oxygens (including phenoxy) is 1. The van der Waals surface area contributed by atoms with E-state index in [9.17, 15) is 4.79 Å². The zero-order chi connectivity index (χ0) is 13.2. The minimum atomic E-state index is -0.0843. The fourth-order valence-corrected chi connectivity index (χ4v) is 2.22. The number of pyridine rings is 1. The molecule has 3 nitrogen and oxygen atoms in total. The summed E-state index contributed by atoms with van der Waals surface area (Å²) < 4.78 is 5.33. The van der Waals surface area contributed by atoms with E-state index in [4.69, 9.17) is 4.74 Å². The van der Waals surface area contributed by atoms with Crippen LogP contribution in [0.3, 0.4) is 0 Å². The van der Waals surface area contributed by atoms with Crippen molar-refractivity contribution in [3.8, 4) is 17.0 Å². The molecular formula is C16H13NO2. The molecule has 0 fully saturated rings. The molecule has 0 amide bonds. The second kappa shape index (κ2) is 4.61. The summed E-state index contributed by atoms with van der Waals surface area (Å²) in [6.07, 6.45) is 0. The van der Waals surface area contributed by atoms with Crippen molar-refractivity contribution >= 4 is 10.8 Å². The fraction of sp³-hybridized carbons (Fsp3) is 0.0625. The molecule has 2 aromatic carbocycles. The second-order valence-electron chi connectivity index (χ2n) is 4.30. The highest BCUT2D eigenvalue weighted by atomic mass is 16.5. The van der Waals surface area contributed by atoms with Gasteiger partial charge >= 0.3 is 0 Å². The number of nitrogens with one attached hydrogen (secondary N) is 1. The highest BCUT2D eigenvalue weighted by Gasteiger charge is 2.07. The van der Waals surface area contributed by atoms with Crippen LogP contribution in [0.2, 0.25) is 0 Å². The van der Waals surface area contributed by atoms with E-state index in [2.05, 4.69) is 4.98 Å². The monoisotopic (exact) mass is 251 g/mol. The van der Waals surface area contributed by atoms with Crippen LogP contribution in [0.5, 0.6) is 5.75 Å². The minimum Gasteiger partial charge on any atom is -0.496 e. The highest BCUT2D eigenvalue weighted by Crippen LogP contribution is 2.28. The van der Waals surface area contributed by atoms with Gasteiger partial charge in [-0.1, -0.05) is 30.3 Å². The van der Waals surface area contributed by atoms with E-state index in [0.717, 1.165) is 22.4 Å². The predicted molar refractivity (Wildman–Crippen MR) is 76.6 cm³/mol.